The maximum absolute atomic E-state index is 11.8. The van der Waals surface area contributed by atoms with Gasteiger partial charge < -0.3 is 13.6 Å². The zero-order valence-corrected chi connectivity index (χ0v) is 14.9. The monoisotopic (exact) mass is 302 g/mol. The average Bonchev–Trinajstić information content (AvgIpc) is 2.37. The Kier molecular flexibility index (Phi) is 8.31. The van der Waals surface area contributed by atoms with Crippen molar-refractivity contribution < 1.29 is 18.4 Å². The molecule has 0 amide bonds. The summed E-state index contributed by atoms with van der Waals surface area (Å²) in [6.07, 6.45) is 1.05. The second-order valence-corrected chi connectivity index (χ2v) is 9.83. The molecule has 0 aromatic rings. The van der Waals surface area contributed by atoms with E-state index in [1.807, 2.05) is 6.92 Å². The lowest BCUT2D eigenvalue weighted by Gasteiger charge is -2.40. The van der Waals surface area contributed by atoms with Gasteiger partial charge in [0, 0.05) is 0 Å². The van der Waals surface area contributed by atoms with E-state index in [9.17, 15) is 4.79 Å². The highest BCUT2D eigenvalue weighted by Crippen LogP contribution is 2.36. The van der Waals surface area contributed by atoms with E-state index in [0.29, 0.717) is 6.61 Å². The van der Waals surface area contributed by atoms with Crippen LogP contribution in [0.2, 0.25) is 11.1 Å². The highest BCUT2D eigenvalue weighted by molar-refractivity contribution is 6.70. The van der Waals surface area contributed by atoms with E-state index >= 15 is 0 Å². The molecule has 1 unspecified atom stereocenters. The molecule has 5 heteroatoms. The van der Waals surface area contributed by atoms with E-state index in [0.717, 1.165) is 0 Å². The molecule has 0 aliphatic carbocycles. The van der Waals surface area contributed by atoms with E-state index in [-0.39, 0.29) is 23.2 Å². The van der Waals surface area contributed by atoms with Crippen molar-refractivity contribution in [2.24, 2.45) is 0 Å². The summed E-state index contributed by atoms with van der Waals surface area (Å²) in [4.78, 5) is 11.8. The number of carbonyl (C=O) groups excluding carboxylic acids is 1. The second-order valence-electron chi connectivity index (χ2n) is 5.60. The minimum absolute atomic E-state index is 0.0964. The predicted octanol–water partition coefficient (Wildman–Crippen LogP) is 3.81. The van der Waals surface area contributed by atoms with Crippen LogP contribution in [0.1, 0.15) is 48.5 Å². The first-order chi connectivity index (χ1) is 9.21. The molecule has 0 bridgehead atoms. The molecule has 0 spiro atoms. The van der Waals surface area contributed by atoms with Crippen molar-refractivity contribution in [3.05, 3.63) is 12.7 Å². The van der Waals surface area contributed by atoms with E-state index in [1.54, 1.807) is 19.9 Å². The summed E-state index contributed by atoms with van der Waals surface area (Å²) in [5.74, 6) is -0.333. The summed E-state index contributed by atoms with van der Waals surface area (Å²) in [5.41, 5.74) is 0.448. The third-order valence-corrected chi connectivity index (χ3v) is 7.97. The van der Waals surface area contributed by atoms with Gasteiger partial charge in [0.15, 0.2) is 0 Å². The van der Waals surface area contributed by atoms with Crippen LogP contribution < -0.4 is 0 Å². The molecule has 0 aliphatic heterocycles. The van der Waals surface area contributed by atoms with Crippen molar-refractivity contribution in [2.75, 3.05) is 6.61 Å². The van der Waals surface area contributed by atoms with Gasteiger partial charge in [-0.1, -0.05) is 33.8 Å². The van der Waals surface area contributed by atoms with Crippen molar-refractivity contribution in [1.29, 1.82) is 0 Å². The van der Waals surface area contributed by atoms with Crippen LogP contribution in [0, 0.1) is 0 Å². The normalized spacial score (nSPS) is 15.2. The Balaban J connectivity index is 5.19. The summed E-state index contributed by atoms with van der Waals surface area (Å²) in [6, 6.07) is 0. The fourth-order valence-corrected chi connectivity index (χ4v) is 5.97. The first kappa shape index (κ1) is 19.3. The Hall–Kier alpha value is -0.653. The molecule has 0 aliphatic rings. The van der Waals surface area contributed by atoms with Crippen LogP contribution in [0.25, 0.3) is 0 Å². The topological polar surface area (TPSA) is 44.8 Å². The van der Waals surface area contributed by atoms with Gasteiger partial charge in [-0.25, -0.2) is 4.79 Å². The molecule has 0 saturated heterocycles. The molecule has 0 fully saturated rings. The fourth-order valence-electron chi connectivity index (χ4n) is 2.16. The molecule has 0 radical (unpaired) electrons. The highest BCUT2D eigenvalue weighted by Gasteiger charge is 2.48. The van der Waals surface area contributed by atoms with E-state index < -0.39 is 14.7 Å². The largest absolute Gasteiger partial charge is 0.464 e. The summed E-state index contributed by atoms with van der Waals surface area (Å²) in [6.45, 7) is 17.9. The fraction of sp³-hybridized carbons (Fsp3) is 0.800. The average molecular weight is 302 g/mol. The van der Waals surface area contributed by atoms with Gasteiger partial charge >= 0.3 is 14.5 Å². The smallest absolute Gasteiger partial charge is 0.344 e. The summed E-state index contributed by atoms with van der Waals surface area (Å²) in [5, 5.41) is 0. The van der Waals surface area contributed by atoms with Crippen molar-refractivity contribution in [2.45, 2.75) is 71.8 Å². The van der Waals surface area contributed by atoms with Gasteiger partial charge in [0.25, 0.3) is 0 Å². The standard InChI is InChI=1S/C15H30O4Si/c1-9-13(7)18-20(11(3)4,12(5)6)19-14(8)15(16)17-10-2/h9,11-14H,1,10H2,2-8H3/t13?,14-/m0/s1. The minimum Gasteiger partial charge on any atom is -0.464 e. The lowest BCUT2D eigenvalue weighted by atomic mass is 10.4. The van der Waals surface area contributed by atoms with Crippen LogP contribution in [-0.2, 0) is 18.4 Å². The number of hydrogen-bond donors (Lipinski definition) is 0. The molecule has 118 valence electrons. The molecule has 0 aromatic heterocycles. The molecule has 0 rings (SSSR count). The quantitative estimate of drug-likeness (QED) is 0.369. The molecule has 0 heterocycles. The molecule has 2 atom stereocenters. The Bertz CT molecular complexity index is 307. The van der Waals surface area contributed by atoms with Crippen LogP contribution in [0.15, 0.2) is 12.7 Å². The van der Waals surface area contributed by atoms with Crippen LogP contribution in [0.4, 0.5) is 0 Å². The van der Waals surface area contributed by atoms with Crippen molar-refractivity contribution in [1.82, 2.24) is 0 Å². The van der Waals surface area contributed by atoms with Crippen molar-refractivity contribution >= 4 is 14.5 Å². The maximum atomic E-state index is 11.8. The summed E-state index contributed by atoms with van der Waals surface area (Å²) in [7, 11) is -2.56. The lowest BCUT2D eigenvalue weighted by molar-refractivity contribution is -0.152. The van der Waals surface area contributed by atoms with Gasteiger partial charge in [0.2, 0.25) is 0 Å². The Labute approximate surface area is 124 Å². The second kappa shape index (κ2) is 8.59. The van der Waals surface area contributed by atoms with Gasteiger partial charge in [-0.2, -0.15) is 0 Å². The lowest BCUT2D eigenvalue weighted by Crippen LogP contribution is -2.53. The first-order valence-electron chi connectivity index (χ1n) is 7.36. The van der Waals surface area contributed by atoms with E-state index in [2.05, 4.69) is 34.3 Å². The zero-order chi connectivity index (χ0) is 15.9. The number of ether oxygens (including phenoxy) is 1. The Morgan fingerprint density at radius 2 is 1.60 bits per heavy atom. The number of hydrogen-bond acceptors (Lipinski definition) is 4. The van der Waals surface area contributed by atoms with Crippen molar-refractivity contribution in [3.63, 3.8) is 0 Å². The zero-order valence-electron chi connectivity index (χ0n) is 13.9. The van der Waals surface area contributed by atoms with Crippen LogP contribution in [-0.4, -0.2) is 33.3 Å². The molecular formula is C15H30O4Si. The summed E-state index contributed by atoms with van der Waals surface area (Å²) >= 11 is 0. The van der Waals surface area contributed by atoms with Gasteiger partial charge in [0.05, 0.1) is 12.7 Å². The molecule has 0 aromatic carbocycles. The van der Waals surface area contributed by atoms with Gasteiger partial charge in [-0.15, -0.1) is 6.58 Å². The molecule has 0 saturated carbocycles. The van der Waals surface area contributed by atoms with Gasteiger partial charge in [-0.05, 0) is 31.9 Å². The predicted molar refractivity (Wildman–Crippen MR) is 83.9 cm³/mol. The summed E-state index contributed by atoms with van der Waals surface area (Å²) < 4.78 is 17.4. The van der Waals surface area contributed by atoms with Crippen LogP contribution in [0.5, 0.6) is 0 Å². The van der Waals surface area contributed by atoms with Crippen LogP contribution in [0.3, 0.4) is 0 Å². The number of carbonyl (C=O) groups is 1. The van der Waals surface area contributed by atoms with Gasteiger partial charge in [-0.3, -0.25) is 0 Å². The molecule has 0 N–H and O–H groups in total. The minimum atomic E-state index is -2.56. The first-order valence-corrected chi connectivity index (χ1v) is 9.33. The van der Waals surface area contributed by atoms with E-state index in [4.69, 9.17) is 13.6 Å². The van der Waals surface area contributed by atoms with Crippen LogP contribution >= 0.6 is 0 Å². The molecular weight excluding hydrogens is 272 g/mol. The molecule has 4 nitrogen and oxygen atoms in total. The third-order valence-electron chi connectivity index (χ3n) is 3.29. The van der Waals surface area contributed by atoms with Crippen molar-refractivity contribution in [3.8, 4) is 0 Å². The number of esters is 1. The maximum Gasteiger partial charge on any atom is 0.344 e. The van der Waals surface area contributed by atoms with Gasteiger partial charge in [0.1, 0.15) is 6.10 Å². The third kappa shape index (κ3) is 5.03. The highest BCUT2D eigenvalue weighted by atomic mass is 28.4. The Morgan fingerprint density at radius 1 is 1.10 bits per heavy atom. The molecule has 20 heavy (non-hydrogen) atoms. The number of rotatable bonds is 9. The Morgan fingerprint density at radius 3 is 1.95 bits per heavy atom. The SMILES string of the molecule is C=CC(C)O[Si](O[C@@H](C)C(=O)OCC)(C(C)C)C(C)C. The van der Waals surface area contributed by atoms with E-state index in [1.165, 1.54) is 0 Å².